The molecule has 1 saturated heterocycles. The smallest absolute Gasteiger partial charge is 0.319 e. The van der Waals surface area contributed by atoms with E-state index in [9.17, 15) is 14.4 Å². The molecule has 3 aromatic carbocycles. The summed E-state index contributed by atoms with van der Waals surface area (Å²) in [6.45, 7) is 5.89. The van der Waals surface area contributed by atoms with Crippen LogP contribution in [-0.4, -0.2) is 17.8 Å². The molecule has 0 saturated carbocycles. The minimum absolute atomic E-state index is 0.269. The zero-order chi connectivity index (χ0) is 24.4. The Hall–Kier alpha value is -3.99. The molecule has 0 unspecified atom stereocenters. The molecule has 0 aromatic heterocycles. The summed E-state index contributed by atoms with van der Waals surface area (Å²) in [6, 6.07) is 21.1. The fraction of sp³-hybridized carbons (Fsp3) is 0.233. The number of imide groups is 1. The monoisotopic (exact) mass is 463 g/mol. The number of carbonyl (C=O) groups is 3. The van der Waals surface area contributed by atoms with Gasteiger partial charge in [-0.1, -0.05) is 54.6 Å². The number of ether oxygens (including phenoxy) is 1. The first-order valence-corrected chi connectivity index (χ1v) is 11.9. The molecule has 35 heavy (non-hydrogen) atoms. The quantitative estimate of drug-likeness (QED) is 0.300. The van der Waals surface area contributed by atoms with Gasteiger partial charge in [0.2, 0.25) is 11.8 Å². The van der Waals surface area contributed by atoms with E-state index in [0.717, 1.165) is 33.4 Å². The summed E-state index contributed by atoms with van der Waals surface area (Å²) in [5.74, 6) is -3.23. The van der Waals surface area contributed by atoms with Gasteiger partial charge in [-0.15, -0.1) is 0 Å². The summed E-state index contributed by atoms with van der Waals surface area (Å²) in [7, 11) is 0. The van der Waals surface area contributed by atoms with Crippen LogP contribution in [-0.2, 0) is 14.4 Å². The average molecular weight is 464 g/mol. The molecule has 3 aliphatic rings. The van der Waals surface area contributed by atoms with E-state index in [1.165, 1.54) is 4.90 Å². The topological polar surface area (TPSA) is 63.7 Å². The van der Waals surface area contributed by atoms with E-state index < -0.39 is 23.7 Å². The van der Waals surface area contributed by atoms with Crippen LogP contribution in [0, 0.1) is 38.5 Å². The van der Waals surface area contributed by atoms with Crippen LogP contribution < -0.4 is 9.64 Å². The molecule has 0 radical (unpaired) electrons. The number of hydrogen-bond donors (Lipinski definition) is 0. The van der Waals surface area contributed by atoms with E-state index in [1.807, 2.05) is 87.5 Å². The lowest BCUT2D eigenvalue weighted by molar-refractivity contribution is -0.142. The second-order valence-corrected chi connectivity index (χ2v) is 9.79. The first-order chi connectivity index (χ1) is 16.8. The van der Waals surface area contributed by atoms with Gasteiger partial charge in [0, 0.05) is 11.5 Å². The first-order valence-electron chi connectivity index (χ1n) is 11.9. The van der Waals surface area contributed by atoms with Crippen molar-refractivity contribution in [3.63, 3.8) is 0 Å². The molecule has 5 nitrogen and oxygen atoms in total. The van der Waals surface area contributed by atoms with Crippen LogP contribution in [0.25, 0.3) is 5.57 Å². The van der Waals surface area contributed by atoms with Crippen LogP contribution >= 0.6 is 0 Å². The number of rotatable bonds is 2. The Labute approximate surface area is 204 Å². The molecule has 2 heterocycles. The lowest BCUT2D eigenvalue weighted by Crippen LogP contribution is -2.42. The van der Waals surface area contributed by atoms with E-state index >= 15 is 0 Å². The van der Waals surface area contributed by atoms with Crippen molar-refractivity contribution >= 4 is 29.0 Å². The summed E-state index contributed by atoms with van der Waals surface area (Å²) in [4.78, 5) is 42.5. The minimum Gasteiger partial charge on any atom is -0.425 e. The lowest BCUT2D eigenvalue weighted by atomic mass is 9.64. The molecule has 2 amide bonds. The van der Waals surface area contributed by atoms with E-state index in [0.29, 0.717) is 11.4 Å². The van der Waals surface area contributed by atoms with Gasteiger partial charge < -0.3 is 4.74 Å². The van der Waals surface area contributed by atoms with Gasteiger partial charge in [-0.25, -0.2) is 4.90 Å². The highest BCUT2D eigenvalue weighted by Crippen LogP contribution is 2.54. The highest BCUT2D eigenvalue weighted by atomic mass is 16.5. The largest absolute Gasteiger partial charge is 0.425 e. The number of aryl methyl sites for hydroxylation is 3. The molecule has 6 rings (SSSR count). The Balaban J connectivity index is 1.55. The number of hydrogen-bond acceptors (Lipinski definition) is 4. The van der Waals surface area contributed by atoms with E-state index in [1.54, 1.807) is 6.07 Å². The predicted molar refractivity (Wildman–Crippen MR) is 133 cm³/mol. The van der Waals surface area contributed by atoms with Gasteiger partial charge in [0.05, 0.1) is 23.4 Å². The van der Waals surface area contributed by atoms with Gasteiger partial charge >= 0.3 is 5.97 Å². The van der Waals surface area contributed by atoms with E-state index in [-0.39, 0.29) is 17.7 Å². The predicted octanol–water partition coefficient (Wildman–Crippen LogP) is 5.13. The highest BCUT2D eigenvalue weighted by molar-refractivity contribution is 6.24. The summed E-state index contributed by atoms with van der Waals surface area (Å²) in [5, 5.41) is 0. The van der Waals surface area contributed by atoms with Crippen LogP contribution in [0.5, 0.6) is 5.75 Å². The SMILES string of the molecule is Cc1ccc2c(c1)OC(=O)[C@@H]1C2=C[C@H](c2ccccc2)[C@@H]2C(=O)N(c3ccc(C)c(C)c3)C(=O)[C@@H]12. The minimum atomic E-state index is -0.823. The van der Waals surface area contributed by atoms with Crippen molar-refractivity contribution < 1.29 is 19.1 Å². The number of esters is 1. The third kappa shape index (κ3) is 3.18. The third-order valence-corrected chi connectivity index (χ3v) is 7.68. The van der Waals surface area contributed by atoms with Crippen molar-refractivity contribution in [3.05, 3.63) is 101 Å². The molecule has 3 aromatic rings. The number of amides is 2. The van der Waals surface area contributed by atoms with Gasteiger partial charge in [0.1, 0.15) is 5.75 Å². The summed E-state index contributed by atoms with van der Waals surface area (Å²) >= 11 is 0. The van der Waals surface area contributed by atoms with Crippen LogP contribution in [0.1, 0.15) is 33.7 Å². The number of fused-ring (bicyclic) bond motifs is 5. The fourth-order valence-electron chi connectivity index (χ4n) is 5.79. The van der Waals surface area contributed by atoms with Crippen LogP contribution in [0.2, 0.25) is 0 Å². The Morgan fingerprint density at radius 3 is 2.26 bits per heavy atom. The summed E-state index contributed by atoms with van der Waals surface area (Å²) in [5.41, 5.74) is 6.14. The van der Waals surface area contributed by atoms with Gasteiger partial charge in [-0.05, 0) is 66.8 Å². The Kier molecular flexibility index (Phi) is 4.78. The maximum Gasteiger partial charge on any atom is 0.319 e. The van der Waals surface area contributed by atoms with Crippen molar-refractivity contribution in [1.82, 2.24) is 0 Å². The van der Waals surface area contributed by atoms with Crippen LogP contribution in [0.3, 0.4) is 0 Å². The second kappa shape index (κ2) is 7.77. The molecule has 1 aliphatic carbocycles. The highest BCUT2D eigenvalue weighted by Gasteiger charge is 2.60. The third-order valence-electron chi connectivity index (χ3n) is 7.68. The summed E-state index contributed by atoms with van der Waals surface area (Å²) in [6.07, 6.45) is 2.02. The molecule has 5 heteroatoms. The fourth-order valence-corrected chi connectivity index (χ4v) is 5.79. The second-order valence-electron chi connectivity index (χ2n) is 9.79. The Morgan fingerprint density at radius 2 is 1.51 bits per heavy atom. The number of benzene rings is 3. The van der Waals surface area contributed by atoms with Crippen molar-refractivity contribution in [2.75, 3.05) is 4.90 Å². The van der Waals surface area contributed by atoms with E-state index in [4.69, 9.17) is 4.74 Å². The summed E-state index contributed by atoms with van der Waals surface area (Å²) < 4.78 is 5.73. The number of nitrogens with zero attached hydrogens (tertiary/aromatic N) is 1. The van der Waals surface area contributed by atoms with Gasteiger partial charge in [-0.3, -0.25) is 14.4 Å². The molecular weight excluding hydrogens is 438 g/mol. The van der Waals surface area contributed by atoms with Crippen molar-refractivity contribution in [2.45, 2.75) is 26.7 Å². The number of carbonyl (C=O) groups excluding carboxylic acids is 3. The Morgan fingerprint density at radius 1 is 0.771 bits per heavy atom. The maximum absolute atomic E-state index is 14.0. The van der Waals surface area contributed by atoms with E-state index in [2.05, 4.69) is 0 Å². The van der Waals surface area contributed by atoms with Crippen molar-refractivity contribution in [2.24, 2.45) is 17.8 Å². The van der Waals surface area contributed by atoms with Crippen molar-refractivity contribution in [3.8, 4) is 5.75 Å². The zero-order valence-corrected chi connectivity index (χ0v) is 19.8. The van der Waals surface area contributed by atoms with Crippen molar-refractivity contribution in [1.29, 1.82) is 0 Å². The maximum atomic E-state index is 14.0. The lowest BCUT2D eigenvalue weighted by Gasteiger charge is -2.38. The first kappa shape index (κ1) is 21.5. The normalized spacial score (nSPS) is 24.9. The molecule has 0 bridgehead atoms. The molecule has 0 spiro atoms. The number of anilines is 1. The standard InChI is InChI=1S/C30H25NO4/c1-16-9-12-21-23-15-22(19-7-5-4-6-8-19)25-27(26(23)30(34)35-24(21)13-16)29(33)31(28(25)32)20-11-10-17(2)18(3)14-20/h4-15,22,25-27H,1-3H3/t22-,25+,26-,27-/m1/s1. The Bertz CT molecular complexity index is 1440. The van der Waals surface area contributed by atoms with Crippen LogP contribution in [0.4, 0.5) is 5.69 Å². The number of allylic oxidation sites excluding steroid dienone is 1. The van der Waals surface area contributed by atoms with Gasteiger partial charge in [-0.2, -0.15) is 0 Å². The molecule has 4 atom stereocenters. The molecule has 2 aliphatic heterocycles. The average Bonchev–Trinajstić information content (AvgIpc) is 3.11. The molecule has 0 N–H and O–H groups in total. The van der Waals surface area contributed by atoms with Gasteiger partial charge in [0.25, 0.3) is 0 Å². The molecule has 1 fully saturated rings. The molecular formula is C30H25NO4. The van der Waals surface area contributed by atoms with Gasteiger partial charge in [0.15, 0.2) is 0 Å². The molecule has 174 valence electrons. The van der Waals surface area contributed by atoms with Crippen LogP contribution in [0.15, 0.2) is 72.8 Å². The zero-order valence-electron chi connectivity index (χ0n) is 19.8.